The molecule has 0 saturated carbocycles. The second kappa shape index (κ2) is 12.4. The van der Waals surface area contributed by atoms with Gasteiger partial charge in [-0.1, -0.05) is 97.1 Å². The lowest BCUT2D eigenvalue weighted by molar-refractivity contribution is -0.385. The minimum absolute atomic E-state index is 0.0330. The Morgan fingerprint density at radius 2 is 0.700 bits per heavy atom. The van der Waals surface area contributed by atoms with E-state index in [1.54, 1.807) is 24.3 Å². The smallest absolute Gasteiger partial charge is 0.258 e. The third kappa shape index (κ3) is 5.67. The Hall–Kier alpha value is -7.20. The zero-order chi connectivity index (χ0) is 34.2. The standard InChI is InChI=1S/C40H24N6O4/c47-45(48)31-15-7-13-29(21-31)39-37(25-9-3-1-4-10-25)41-33-19-17-27(23-35(33)43-39)28-18-20-34-36(24-28)44-40(30-14-8-16-32(22-30)46(49)50)38(42-34)26-11-5-2-6-12-26/h1-24H. The molecule has 0 amide bonds. The summed E-state index contributed by atoms with van der Waals surface area (Å²) in [6.07, 6.45) is 0. The molecule has 0 radical (unpaired) electrons. The van der Waals surface area contributed by atoms with Crippen molar-refractivity contribution in [2.24, 2.45) is 0 Å². The molecule has 0 spiro atoms. The number of nitro groups is 2. The Kier molecular flexibility index (Phi) is 7.50. The fourth-order valence-corrected chi connectivity index (χ4v) is 6.00. The van der Waals surface area contributed by atoms with E-state index in [2.05, 4.69) is 0 Å². The fourth-order valence-electron chi connectivity index (χ4n) is 6.00. The highest BCUT2D eigenvalue weighted by Crippen LogP contribution is 2.36. The van der Waals surface area contributed by atoms with E-state index in [0.717, 1.165) is 22.3 Å². The largest absolute Gasteiger partial charge is 0.270 e. The van der Waals surface area contributed by atoms with Gasteiger partial charge < -0.3 is 0 Å². The summed E-state index contributed by atoms with van der Waals surface area (Å²) in [6, 6.07) is 43.7. The van der Waals surface area contributed by atoms with Crippen LogP contribution in [0.15, 0.2) is 146 Å². The van der Waals surface area contributed by atoms with Crippen LogP contribution in [0.25, 0.3) is 78.2 Å². The molecule has 238 valence electrons. The van der Waals surface area contributed by atoms with Gasteiger partial charge in [0.2, 0.25) is 0 Å². The minimum Gasteiger partial charge on any atom is -0.258 e. The number of rotatable bonds is 7. The van der Waals surface area contributed by atoms with Crippen LogP contribution < -0.4 is 0 Å². The third-order valence-electron chi connectivity index (χ3n) is 8.42. The summed E-state index contributed by atoms with van der Waals surface area (Å²) < 4.78 is 0. The van der Waals surface area contributed by atoms with Crippen molar-refractivity contribution in [3.63, 3.8) is 0 Å². The van der Waals surface area contributed by atoms with Crippen molar-refractivity contribution in [1.82, 2.24) is 19.9 Å². The van der Waals surface area contributed by atoms with Crippen molar-refractivity contribution < 1.29 is 9.85 Å². The third-order valence-corrected chi connectivity index (χ3v) is 8.42. The van der Waals surface area contributed by atoms with Crippen LogP contribution in [0.1, 0.15) is 0 Å². The van der Waals surface area contributed by atoms with E-state index >= 15 is 0 Å². The van der Waals surface area contributed by atoms with Crippen LogP contribution in [-0.2, 0) is 0 Å². The lowest BCUT2D eigenvalue weighted by atomic mass is 10.0. The highest BCUT2D eigenvalue weighted by molar-refractivity contribution is 5.92. The number of nitro benzene ring substituents is 2. The van der Waals surface area contributed by atoms with Gasteiger partial charge in [0.05, 0.1) is 54.7 Å². The maximum atomic E-state index is 11.6. The Morgan fingerprint density at radius 1 is 0.340 bits per heavy atom. The molecule has 0 aliphatic heterocycles. The average Bonchev–Trinajstić information content (AvgIpc) is 3.17. The molecule has 0 aliphatic carbocycles. The normalized spacial score (nSPS) is 11.1. The molecule has 0 bridgehead atoms. The molecule has 2 aromatic heterocycles. The zero-order valence-electron chi connectivity index (χ0n) is 26.2. The van der Waals surface area contributed by atoms with Gasteiger partial charge in [-0.2, -0.15) is 0 Å². The van der Waals surface area contributed by atoms with Gasteiger partial charge >= 0.3 is 0 Å². The van der Waals surface area contributed by atoms with Gasteiger partial charge in [-0.3, -0.25) is 20.2 Å². The number of benzene rings is 6. The maximum Gasteiger partial charge on any atom is 0.270 e. The zero-order valence-corrected chi connectivity index (χ0v) is 26.2. The lowest BCUT2D eigenvalue weighted by Crippen LogP contribution is -1.97. The SMILES string of the molecule is O=[N+]([O-])c1cccc(-c2nc3cc(-c4ccc5nc(-c6ccccc6)c(-c6cccc([N+](=O)[O-])c6)nc5c4)ccc3nc2-c2ccccc2)c1. The van der Waals surface area contributed by atoms with Crippen LogP contribution in [0.5, 0.6) is 0 Å². The molecule has 0 saturated heterocycles. The number of nitrogens with zero attached hydrogens (tertiary/aromatic N) is 6. The Morgan fingerprint density at radius 3 is 1.10 bits per heavy atom. The van der Waals surface area contributed by atoms with Crippen LogP contribution in [-0.4, -0.2) is 29.8 Å². The van der Waals surface area contributed by atoms with Crippen molar-refractivity contribution in [2.45, 2.75) is 0 Å². The van der Waals surface area contributed by atoms with Crippen LogP contribution >= 0.6 is 0 Å². The molecule has 0 N–H and O–H groups in total. The molecule has 0 aliphatic rings. The first kappa shape index (κ1) is 30.2. The monoisotopic (exact) mass is 652 g/mol. The Labute approximate surface area is 284 Å². The predicted octanol–water partition coefficient (Wildman–Crippen LogP) is 9.72. The fraction of sp³-hybridized carbons (Fsp3) is 0. The lowest BCUT2D eigenvalue weighted by Gasteiger charge is -2.13. The second-order valence-corrected chi connectivity index (χ2v) is 11.6. The van der Waals surface area contributed by atoms with E-state index in [-0.39, 0.29) is 11.4 Å². The maximum absolute atomic E-state index is 11.6. The van der Waals surface area contributed by atoms with Gasteiger partial charge in [-0.05, 0) is 35.4 Å². The Bertz CT molecular complexity index is 2430. The molecule has 0 unspecified atom stereocenters. The summed E-state index contributed by atoms with van der Waals surface area (Å²) in [5.74, 6) is 0. The van der Waals surface area contributed by atoms with E-state index in [1.165, 1.54) is 24.3 Å². The second-order valence-electron chi connectivity index (χ2n) is 11.6. The van der Waals surface area contributed by atoms with E-state index in [4.69, 9.17) is 19.9 Å². The van der Waals surface area contributed by atoms with E-state index in [1.807, 2.05) is 97.1 Å². The molecule has 50 heavy (non-hydrogen) atoms. The molecule has 6 aromatic carbocycles. The van der Waals surface area contributed by atoms with Gasteiger partial charge in [-0.25, -0.2) is 19.9 Å². The van der Waals surface area contributed by atoms with Crippen LogP contribution in [0.2, 0.25) is 0 Å². The molecule has 8 rings (SSSR count). The van der Waals surface area contributed by atoms with Crippen molar-refractivity contribution in [1.29, 1.82) is 0 Å². The van der Waals surface area contributed by atoms with Gasteiger partial charge in [0.25, 0.3) is 11.4 Å². The number of fused-ring (bicyclic) bond motifs is 2. The Balaban J connectivity index is 1.28. The first-order valence-electron chi connectivity index (χ1n) is 15.7. The molecule has 10 nitrogen and oxygen atoms in total. The van der Waals surface area contributed by atoms with Crippen LogP contribution in [0, 0.1) is 20.2 Å². The van der Waals surface area contributed by atoms with Crippen LogP contribution in [0.4, 0.5) is 11.4 Å². The predicted molar refractivity (Wildman–Crippen MR) is 193 cm³/mol. The summed E-state index contributed by atoms with van der Waals surface area (Å²) in [5, 5.41) is 23.2. The highest BCUT2D eigenvalue weighted by Gasteiger charge is 2.18. The number of hydrogen-bond donors (Lipinski definition) is 0. The topological polar surface area (TPSA) is 138 Å². The first-order chi connectivity index (χ1) is 24.4. The molecule has 8 aromatic rings. The number of aromatic nitrogens is 4. The van der Waals surface area contributed by atoms with Gasteiger partial charge in [0.15, 0.2) is 0 Å². The van der Waals surface area contributed by atoms with E-state index in [9.17, 15) is 20.2 Å². The molecule has 10 heteroatoms. The summed E-state index contributed by atoms with van der Waals surface area (Å²) >= 11 is 0. The van der Waals surface area contributed by atoms with Crippen molar-refractivity contribution in [3.05, 3.63) is 166 Å². The van der Waals surface area contributed by atoms with Gasteiger partial charge in [0.1, 0.15) is 0 Å². The van der Waals surface area contributed by atoms with Crippen molar-refractivity contribution >= 4 is 33.4 Å². The minimum atomic E-state index is -0.422. The highest BCUT2D eigenvalue weighted by atomic mass is 16.6. The molecular formula is C40H24N6O4. The summed E-state index contributed by atoms with van der Waals surface area (Å²) in [6.45, 7) is 0. The van der Waals surface area contributed by atoms with E-state index < -0.39 is 9.85 Å². The van der Waals surface area contributed by atoms with E-state index in [0.29, 0.717) is 56.0 Å². The quantitative estimate of drug-likeness (QED) is 0.122. The molecule has 2 heterocycles. The molecular weight excluding hydrogens is 628 g/mol. The van der Waals surface area contributed by atoms with Crippen LogP contribution in [0.3, 0.4) is 0 Å². The molecule has 0 fully saturated rings. The number of hydrogen-bond acceptors (Lipinski definition) is 8. The number of non-ortho nitro benzene ring substituents is 2. The van der Waals surface area contributed by atoms with Crippen molar-refractivity contribution in [3.8, 4) is 56.2 Å². The average molecular weight is 653 g/mol. The molecule has 0 atom stereocenters. The van der Waals surface area contributed by atoms with Gasteiger partial charge in [-0.15, -0.1) is 0 Å². The summed E-state index contributed by atoms with van der Waals surface area (Å²) in [7, 11) is 0. The summed E-state index contributed by atoms with van der Waals surface area (Å²) in [5.41, 5.74) is 9.38. The van der Waals surface area contributed by atoms with Gasteiger partial charge in [0, 0.05) is 46.5 Å². The summed E-state index contributed by atoms with van der Waals surface area (Å²) in [4.78, 5) is 42.4. The van der Waals surface area contributed by atoms with Crippen molar-refractivity contribution in [2.75, 3.05) is 0 Å². The first-order valence-corrected chi connectivity index (χ1v) is 15.7.